The lowest BCUT2D eigenvalue weighted by Gasteiger charge is -2.17. The van der Waals surface area contributed by atoms with E-state index in [4.69, 9.17) is 17.3 Å². The van der Waals surface area contributed by atoms with Crippen molar-refractivity contribution in [2.45, 2.75) is 5.33 Å². The summed E-state index contributed by atoms with van der Waals surface area (Å²) < 4.78 is 1.48. The molecule has 116 valence electrons. The predicted molar refractivity (Wildman–Crippen MR) is 95.7 cm³/mol. The molecule has 1 amide bonds. The molecule has 0 radical (unpaired) electrons. The molecule has 0 fully saturated rings. The summed E-state index contributed by atoms with van der Waals surface area (Å²) in [7, 11) is 0. The van der Waals surface area contributed by atoms with Gasteiger partial charge in [0.1, 0.15) is 0 Å². The van der Waals surface area contributed by atoms with Crippen molar-refractivity contribution in [3.05, 3.63) is 75.2 Å². The number of amides is 1. The van der Waals surface area contributed by atoms with E-state index in [0.29, 0.717) is 38.1 Å². The quantitative estimate of drug-likeness (QED) is 0.693. The van der Waals surface area contributed by atoms with Crippen molar-refractivity contribution in [3.8, 4) is 5.69 Å². The van der Waals surface area contributed by atoms with Crippen molar-refractivity contribution >= 4 is 44.2 Å². The molecular formula is C17H12BrClN2O2. The van der Waals surface area contributed by atoms with E-state index in [-0.39, 0.29) is 5.56 Å². The summed E-state index contributed by atoms with van der Waals surface area (Å²) in [5.74, 6) is -0.577. The molecule has 3 aromatic rings. The number of nitrogens with zero attached hydrogens (tertiary/aromatic N) is 1. The Balaban J connectivity index is 2.54. The fraction of sp³-hybridized carbons (Fsp3) is 0.0588. The minimum atomic E-state index is -0.577. The Labute approximate surface area is 145 Å². The van der Waals surface area contributed by atoms with Gasteiger partial charge >= 0.3 is 0 Å². The number of pyridine rings is 1. The van der Waals surface area contributed by atoms with Gasteiger partial charge in [0.15, 0.2) is 0 Å². The van der Waals surface area contributed by atoms with Crippen LogP contribution in [0, 0.1) is 0 Å². The molecule has 0 atom stereocenters. The lowest BCUT2D eigenvalue weighted by Crippen LogP contribution is -2.27. The van der Waals surface area contributed by atoms with E-state index in [0.717, 1.165) is 0 Å². The number of halogens is 2. The fourth-order valence-electron chi connectivity index (χ4n) is 2.69. The van der Waals surface area contributed by atoms with Crippen molar-refractivity contribution in [3.63, 3.8) is 0 Å². The highest BCUT2D eigenvalue weighted by Gasteiger charge is 2.20. The number of rotatable bonds is 3. The SMILES string of the molecule is NC(=O)c1c(CBr)n(-c2cccc(Cl)c2)c(=O)c2ccccc12. The van der Waals surface area contributed by atoms with Crippen LogP contribution in [0.25, 0.3) is 16.5 Å². The highest BCUT2D eigenvalue weighted by Crippen LogP contribution is 2.24. The maximum absolute atomic E-state index is 12.9. The van der Waals surface area contributed by atoms with E-state index >= 15 is 0 Å². The zero-order chi connectivity index (χ0) is 16.6. The summed E-state index contributed by atoms with van der Waals surface area (Å²) in [5.41, 5.74) is 6.78. The maximum Gasteiger partial charge on any atom is 0.263 e. The Morgan fingerprint density at radius 1 is 1.13 bits per heavy atom. The third-order valence-corrected chi connectivity index (χ3v) is 4.39. The van der Waals surface area contributed by atoms with Crippen LogP contribution in [0.1, 0.15) is 16.1 Å². The van der Waals surface area contributed by atoms with Gasteiger partial charge in [-0.25, -0.2) is 0 Å². The van der Waals surface area contributed by atoms with Crippen molar-refractivity contribution in [2.24, 2.45) is 5.73 Å². The zero-order valence-electron chi connectivity index (χ0n) is 11.9. The number of hydrogen-bond acceptors (Lipinski definition) is 2. The Kier molecular flexibility index (Phi) is 4.24. The van der Waals surface area contributed by atoms with E-state index in [2.05, 4.69) is 15.9 Å². The first-order valence-corrected chi connectivity index (χ1v) is 8.33. The molecule has 2 aromatic carbocycles. The number of carbonyl (C=O) groups is 1. The number of benzene rings is 2. The molecule has 0 unspecified atom stereocenters. The Morgan fingerprint density at radius 3 is 2.43 bits per heavy atom. The molecule has 2 N–H and O–H groups in total. The number of alkyl halides is 1. The second-order valence-corrected chi connectivity index (χ2v) is 5.98. The van der Waals surface area contributed by atoms with Crippen LogP contribution in [0.3, 0.4) is 0 Å². The standard InChI is InChI=1S/C17H12BrClN2O2/c18-9-14-15(16(20)22)12-6-1-2-7-13(12)17(23)21(14)11-5-3-4-10(19)8-11/h1-8H,9H2,(H2,20,22). The number of fused-ring (bicyclic) bond motifs is 1. The molecule has 4 nitrogen and oxygen atoms in total. The molecular weight excluding hydrogens is 380 g/mol. The highest BCUT2D eigenvalue weighted by molar-refractivity contribution is 9.08. The number of aromatic nitrogens is 1. The first-order valence-electron chi connectivity index (χ1n) is 6.83. The van der Waals surface area contributed by atoms with Crippen molar-refractivity contribution in [2.75, 3.05) is 0 Å². The third kappa shape index (κ3) is 2.66. The lowest BCUT2D eigenvalue weighted by atomic mass is 10.0. The molecule has 1 heterocycles. The van der Waals surface area contributed by atoms with E-state index in [1.54, 1.807) is 48.5 Å². The molecule has 3 rings (SSSR count). The van der Waals surface area contributed by atoms with Gasteiger partial charge in [-0.2, -0.15) is 0 Å². The maximum atomic E-state index is 12.9. The van der Waals surface area contributed by atoms with Gasteiger partial charge in [0.05, 0.1) is 16.9 Å². The normalized spacial score (nSPS) is 10.9. The monoisotopic (exact) mass is 390 g/mol. The van der Waals surface area contributed by atoms with E-state index in [9.17, 15) is 9.59 Å². The minimum Gasteiger partial charge on any atom is -0.366 e. The van der Waals surface area contributed by atoms with Gasteiger partial charge in [0.2, 0.25) is 0 Å². The second kappa shape index (κ2) is 6.18. The fourth-order valence-corrected chi connectivity index (χ4v) is 3.40. The van der Waals surface area contributed by atoms with Gasteiger partial charge in [-0.15, -0.1) is 0 Å². The summed E-state index contributed by atoms with van der Waals surface area (Å²) in [6.07, 6.45) is 0. The average molecular weight is 392 g/mol. The molecule has 0 saturated heterocycles. The number of nitrogens with two attached hydrogens (primary N) is 1. The molecule has 6 heteroatoms. The molecule has 0 bridgehead atoms. The van der Waals surface area contributed by atoms with Crippen LogP contribution in [-0.2, 0) is 5.33 Å². The van der Waals surface area contributed by atoms with Gasteiger partial charge in [0, 0.05) is 21.1 Å². The van der Waals surface area contributed by atoms with Crippen molar-refractivity contribution < 1.29 is 4.79 Å². The van der Waals surface area contributed by atoms with E-state index < -0.39 is 5.91 Å². The topological polar surface area (TPSA) is 65.1 Å². The van der Waals surface area contributed by atoms with Crippen LogP contribution in [0.4, 0.5) is 0 Å². The summed E-state index contributed by atoms with van der Waals surface area (Å²) in [5, 5.41) is 1.80. The summed E-state index contributed by atoms with van der Waals surface area (Å²) in [6.45, 7) is 0. The van der Waals surface area contributed by atoms with Gasteiger partial charge in [0.25, 0.3) is 11.5 Å². The summed E-state index contributed by atoms with van der Waals surface area (Å²) >= 11 is 9.41. The van der Waals surface area contributed by atoms with Crippen molar-refractivity contribution in [1.82, 2.24) is 4.57 Å². The van der Waals surface area contributed by atoms with Crippen LogP contribution >= 0.6 is 27.5 Å². The largest absolute Gasteiger partial charge is 0.366 e. The molecule has 0 saturated carbocycles. The Morgan fingerprint density at radius 2 is 1.83 bits per heavy atom. The van der Waals surface area contributed by atoms with Gasteiger partial charge < -0.3 is 5.73 Å². The first kappa shape index (κ1) is 15.8. The van der Waals surface area contributed by atoms with Crippen molar-refractivity contribution in [1.29, 1.82) is 0 Å². The van der Waals surface area contributed by atoms with Gasteiger partial charge in [-0.05, 0) is 24.3 Å². The highest BCUT2D eigenvalue weighted by atomic mass is 79.9. The Bertz CT molecular complexity index is 982. The Hall–Kier alpha value is -2.11. The molecule has 0 spiro atoms. The van der Waals surface area contributed by atoms with Crippen LogP contribution in [-0.4, -0.2) is 10.5 Å². The van der Waals surface area contributed by atoms with Crippen LogP contribution in [0.5, 0.6) is 0 Å². The molecule has 23 heavy (non-hydrogen) atoms. The van der Waals surface area contributed by atoms with E-state index in [1.165, 1.54) is 4.57 Å². The number of hydrogen-bond donors (Lipinski definition) is 1. The molecule has 0 aliphatic carbocycles. The van der Waals surface area contributed by atoms with Crippen LogP contribution < -0.4 is 11.3 Å². The third-order valence-electron chi connectivity index (χ3n) is 3.63. The van der Waals surface area contributed by atoms with Crippen LogP contribution in [0.2, 0.25) is 5.02 Å². The second-order valence-electron chi connectivity index (χ2n) is 4.99. The molecule has 0 aliphatic rings. The van der Waals surface area contributed by atoms with Gasteiger partial charge in [-0.3, -0.25) is 14.2 Å². The molecule has 1 aromatic heterocycles. The zero-order valence-corrected chi connectivity index (χ0v) is 14.3. The summed E-state index contributed by atoms with van der Waals surface area (Å²) in [6, 6.07) is 13.9. The van der Waals surface area contributed by atoms with E-state index in [1.807, 2.05) is 0 Å². The number of primary amides is 1. The van der Waals surface area contributed by atoms with Crippen LogP contribution in [0.15, 0.2) is 53.3 Å². The number of carbonyl (C=O) groups excluding carboxylic acids is 1. The smallest absolute Gasteiger partial charge is 0.263 e. The summed E-state index contributed by atoms with van der Waals surface area (Å²) in [4.78, 5) is 25.0. The first-order chi connectivity index (χ1) is 11.0. The lowest BCUT2D eigenvalue weighted by molar-refractivity contribution is 0.100. The average Bonchev–Trinajstić information content (AvgIpc) is 2.54. The molecule has 0 aliphatic heterocycles. The predicted octanol–water partition coefficient (Wildman–Crippen LogP) is 3.64. The van der Waals surface area contributed by atoms with Gasteiger partial charge in [-0.1, -0.05) is 51.8 Å². The minimum absolute atomic E-state index is 0.220.